The van der Waals surface area contributed by atoms with Gasteiger partial charge < -0.3 is 24.8 Å². The lowest BCUT2D eigenvalue weighted by atomic mass is 10.1. The van der Waals surface area contributed by atoms with Crippen LogP contribution in [0.15, 0.2) is 49.6 Å². The average molecular weight is 476 g/mol. The highest BCUT2D eigenvalue weighted by Gasteiger charge is 2.23. The molecule has 2 aliphatic heterocycles. The van der Waals surface area contributed by atoms with Crippen molar-refractivity contribution in [1.82, 2.24) is 24.4 Å². The van der Waals surface area contributed by atoms with Crippen LogP contribution >= 0.6 is 0 Å². The van der Waals surface area contributed by atoms with Gasteiger partial charge in [0.1, 0.15) is 18.0 Å². The molecule has 1 aromatic carbocycles. The molecule has 2 aromatic heterocycles. The minimum Gasteiger partial charge on any atom is -0.458 e. The van der Waals surface area contributed by atoms with Crippen molar-refractivity contribution in [2.75, 3.05) is 43.4 Å². The number of hydrogen-bond acceptors (Lipinski definition) is 7. The minimum atomic E-state index is -0.202. The molecule has 0 saturated carbocycles. The van der Waals surface area contributed by atoms with E-state index in [2.05, 4.69) is 43.2 Å². The van der Waals surface area contributed by atoms with E-state index in [0.717, 1.165) is 56.2 Å². The molecule has 0 radical (unpaired) electrons. The van der Waals surface area contributed by atoms with Gasteiger partial charge in [0.2, 0.25) is 5.75 Å². The van der Waals surface area contributed by atoms with E-state index in [1.165, 1.54) is 30.6 Å². The first-order valence-corrected chi connectivity index (χ1v) is 11.9. The second-order valence-corrected chi connectivity index (χ2v) is 8.92. The van der Waals surface area contributed by atoms with E-state index in [4.69, 9.17) is 15.5 Å². The summed E-state index contributed by atoms with van der Waals surface area (Å²) < 4.78 is 21.6. The number of anilines is 2. The van der Waals surface area contributed by atoms with Gasteiger partial charge in [-0.1, -0.05) is 12.7 Å². The molecule has 182 valence electrons. The second kappa shape index (κ2) is 9.87. The number of benzene rings is 1. The van der Waals surface area contributed by atoms with Crippen LogP contribution in [0.5, 0.6) is 5.75 Å². The lowest BCUT2D eigenvalue weighted by Crippen LogP contribution is -2.39. The van der Waals surface area contributed by atoms with E-state index >= 15 is 0 Å². The van der Waals surface area contributed by atoms with Crippen LogP contribution in [0, 0.1) is 12.7 Å². The van der Waals surface area contributed by atoms with Crippen molar-refractivity contribution in [1.29, 1.82) is 0 Å². The molecule has 9 heteroatoms. The maximum atomic E-state index is 13.8. The number of nitrogens with zero attached hydrogens (tertiary/aromatic N) is 6. The van der Waals surface area contributed by atoms with Crippen LogP contribution in [0.1, 0.15) is 24.2 Å². The monoisotopic (exact) mass is 475 g/mol. The van der Waals surface area contributed by atoms with Crippen molar-refractivity contribution in [2.24, 2.45) is 0 Å². The molecule has 0 aliphatic carbocycles. The number of aromatic nitrogens is 4. The van der Waals surface area contributed by atoms with Gasteiger partial charge in [0.05, 0.1) is 12.0 Å². The Bertz CT molecular complexity index is 1260. The third kappa shape index (κ3) is 4.77. The van der Waals surface area contributed by atoms with Crippen LogP contribution in [0.4, 0.5) is 16.0 Å². The number of rotatable bonds is 8. The number of hydrogen-bond donors (Lipinski definition) is 1. The van der Waals surface area contributed by atoms with Crippen molar-refractivity contribution >= 4 is 17.2 Å². The van der Waals surface area contributed by atoms with Crippen molar-refractivity contribution in [3.05, 3.63) is 66.8 Å². The molecule has 4 heterocycles. The zero-order valence-corrected chi connectivity index (χ0v) is 20.0. The van der Waals surface area contributed by atoms with Crippen LogP contribution in [0.3, 0.4) is 0 Å². The van der Waals surface area contributed by atoms with E-state index in [-0.39, 0.29) is 11.6 Å². The zero-order valence-electron chi connectivity index (χ0n) is 20.0. The molecule has 0 amide bonds. The van der Waals surface area contributed by atoms with Gasteiger partial charge in [-0.25, -0.2) is 19.3 Å². The van der Waals surface area contributed by atoms with E-state index in [1.807, 2.05) is 6.07 Å². The number of nitrogen functional groups attached to an aromatic ring is 1. The number of halogens is 1. The van der Waals surface area contributed by atoms with E-state index in [0.29, 0.717) is 23.7 Å². The zero-order chi connectivity index (χ0) is 24.4. The summed E-state index contributed by atoms with van der Waals surface area (Å²) in [6, 6.07) is 5.17. The number of imidazole rings is 1. The first-order chi connectivity index (χ1) is 17.0. The van der Waals surface area contributed by atoms with E-state index < -0.39 is 0 Å². The summed E-state index contributed by atoms with van der Waals surface area (Å²) >= 11 is 0. The van der Waals surface area contributed by atoms with Crippen LogP contribution < -0.4 is 15.4 Å². The molecule has 0 spiro atoms. The second-order valence-electron chi connectivity index (χ2n) is 8.92. The molecule has 0 bridgehead atoms. The van der Waals surface area contributed by atoms with Crippen LogP contribution in [-0.4, -0.2) is 57.1 Å². The molecule has 3 aromatic rings. The average Bonchev–Trinajstić information content (AvgIpc) is 3.25. The Balaban J connectivity index is 1.42. The van der Waals surface area contributed by atoms with Crippen LogP contribution in [0.25, 0.3) is 16.8 Å². The molecule has 8 nitrogen and oxygen atoms in total. The first-order valence-electron chi connectivity index (χ1n) is 11.9. The molecular weight excluding hydrogens is 445 g/mol. The smallest absolute Gasteiger partial charge is 0.210 e. The standard InChI is InChI=1S/C26H30FN7O/c1-3-35-23-24(28)29-17-30-26(23)33-11-7-19(8-12-33)25-31-22(20-5-6-21(27)18(2)15-20)16-34(25)14-13-32-9-4-10-32/h3,5-7,15-17H,1,4,8-14H2,2H3,(H2,28,29,30). The largest absolute Gasteiger partial charge is 0.458 e. The fourth-order valence-electron chi connectivity index (χ4n) is 4.50. The van der Waals surface area contributed by atoms with Crippen molar-refractivity contribution in [2.45, 2.75) is 26.3 Å². The van der Waals surface area contributed by atoms with Gasteiger partial charge in [-0.3, -0.25) is 0 Å². The summed E-state index contributed by atoms with van der Waals surface area (Å²) in [4.78, 5) is 18.0. The summed E-state index contributed by atoms with van der Waals surface area (Å²) in [5.41, 5.74) is 9.59. The number of likely N-dealkylation sites (tertiary alicyclic amines) is 1. The first kappa shape index (κ1) is 23.0. The lowest BCUT2D eigenvalue weighted by molar-refractivity contribution is 0.174. The van der Waals surface area contributed by atoms with Gasteiger partial charge in [-0.15, -0.1) is 0 Å². The molecule has 0 unspecified atom stereocenters. The van der Waals surface area contributed by atoms with Gasteiger partial charge in [-0.05, 0) is 62.2 Å². The quantitative estimate of drug-likeness (QED) is 0.495. The summed E-state index contributed by atoms with van der Waals surface area (Å²) in [6.07, 6.45) is 9.11. The normalized spacial score (nSPS) is 16.1. The Morgan fingerprint density at radius 1 is 1.20 bits per heavy atom. The summed E-state index contributed by atoms with van der Waals surface area (Å²) in [6.45, 7) is 11.0. The molecule has 35 heavy (non-hydrogen) atoms. The van der Waals surface area contributed by atoms with Crippen LogP contribution in [0.2, 0.25) is 0 Å². The Morgan fingerprint density at radius 3 is 2.74 bits per heavy atom. The molecule has 1 saturated heterocycles. The highest BCUT2D eigenvalue weighted by Crippen LogP contribution is 2.34. The van der Waals surface area contributed by atoms with Gasteiger partial charge >= 0.3 is 0 Å². The maximum Gasteiger partial charge on any atom is 0.210 e. The van der Waals surface area contributed by atoms with Crippen molar-refractivity contribution in [3.8, 4) is 17.0 Å². The van der Waals surface area contributed by atoms with Crippen molar-refractivity contribution in [3.63, 3.8) is 0 Å². The minimum absolute atomic E-state index is 0.202. The molecule has 5 rings (SSSR count). The SMILES string of the molecule is C=COc1c(N)ncnc1N1CC=C(c2nc(-c3ccc(F)c(C)c3)cn2CCN2CCC2)CC1. The highest BCUT2D eigenvalue weighted by molar-refractivity contribution is 5.70. The third-order valence-electron chi connectivity index (χ3n) is 6.65. The van der Waals surface area contributed by atoms with Gasteiger partial charge in [0, 0.05) is 37.9 Å². The van der Waals surface area contributed by atoms with E-state index in [1.54, 1.807) is 13.0 Å². The lowest BCUT2D eigenvalue weighted by Gasteiger charge is -2.31. The maximum absolute atomic E-state index is 13.8. The molecule has 0 atom stereocenters. The highest BCUT2D eigenvalue weighted by atomic mass is 19.1. The topological polar surface area (TPSA) is 85.3 Å². The molecule has 1 fully saturated rings. The molecule has 2 N–H and O–H groups in total. The number of ether oxygens (including phenoxy) is 1. The summed E-state index contributed by atoms with van der Waals surface area (Å²) in [5, 5.41) is 0. The Labute approximate surface area is 204 Å². The number of aryl methyl sites for hydroxylation is 1. The molecular formula is C26H30FN7O. The van der Waals surface area contributed by atoms with Gasteiger partial charge in [0.25, 0.3) is 0 Å². The van der Waals surface area contributed by atoms with Gasteiger partial charge in [0.15, 0.2) is 11.6 Å². The van der Waals surface area contributed by atoms with Crippen molar-refractivity contribution < 1.29 is 9.13 Å². The predicted octanol–water partition coefficient (Wildman–Crippen LogP) is 3.89. The Hall–Kier alpha value is -3.72. The summed E-state index contributed by atoms with van der Waals surface area (Å²) in [5.74, 6) is 2.12. The fraction of sp³-hybridized carbons (Fsp3) is 0.346. The summed E-state index contributed by atoms with van der Waals surface area (Å²) in [7, 11) is 0. The number of nitrogens with two attached hydrogens (primary N) is 1. The fourth-order valence-corrected chi connectivity index (χ4v) is 4.50. The predicted molar refractivity (Wildman–Crippen MR) is 135 cm³/mol. The van der Waals surface area contributed by atoms with Gasteiger partial charge in [-0.2, -0.15) is 0 Å². The Kier molecular flexibility index (Phi) is 6.50. The third-order valence-corrected chi connectivity index (χ3v) is 6.65. The van der Waals surface area contributed by atoms with E-state index in [9.17, 15) is 4.39 Å². The Morgan fingerprint density at radius 2 is 2.06 bits per heavy atom. The molecule has 2 aliphatic rings. The van der Waals surface area contributed by atoms with Crippen LogP contribution in [-0.2, 0) is 6.54 Å².